The summed E-state index contributed by atoms with van der Waals surface area (Å²) >= 11 is 0. The summed E-state index contributed by atoms with van der Waals surface area (Å²) in [5.41, 5.74) is 0.627. The number of aryl methyl sites for hydroxylation is 1. The van der Waals surface area contributed by atoms with E-state index in [0.29, 0.717) is 25.8 Å². The second-order valence-corrected chi connectivity index (χ2v) is 6.47. The molecular weight excluding hydrogens is 355 g/mol. The summed E-state index contributed by atoms with van der Waals surface area (Å²) < 4.78 is 12.6. The molecule has 11 heteroatoms. The van der Waals surface area contributed by atoms with E-state index in [1.54, 1.807) is 17.0 Å². The van der Waals surface area contributed by atoms with Gasteiger partial charge in [0.2, 0.25) is 5.91 Å². The second-order valence-electron chi connectivity index (χ2n) is 6.47. The Balaban J connectivity index is 1.43. The molecule has 1 aromatic carbocycles. The predicted molar refractivity (Wildman–Crippen MR) is 91.5 cm³/mol. The van der Waals surface area contributed by atoms with Crippen molar-refractivity contribution < 1.29 is 29.1 Å². The number of aromatic carboxylic acids is 1. The summed E-state index contributed by atoms with van der Waals surface area (Å²) in [6.45, 7) is 0.804. The molecule has 2 aromatic rings. The number of carboxylic acid groups (broad SMARTS) is 1. The zero-order chi connectivity index (χ0) is 19.0. The third-order valence-electron chi connectivity index (χ3n) is 4.59. The molecule has 1 saturated heterocycles. The molecule has 10 nitrogen and oxygen atoms in total. The summed E-state index contributed by atoms with van der Waals surface area (Å²) in [5, 5.41) is 23.1. The standard InChI is InChI=1S/C16H17BN4O6/c22-13(7-21-9-18-8-19-21)20-5-11(6-20)26-12-2-1-10-3-4-17(25)27-15(10)14(12)16(23)24/h1-2,8-9,11,25H,3-7H2,(H,23,24). The average molecular weight is 372 g/mol. The largest absolute Gasteiger partial charge is 0.535 e. The van der Waals surface area contributed by atoms with Gasteiger partial charge in [-0.25, -0.2) is 14.5 Å². The summed E-state index contributed by atoms with van der Waals surface area (Å²) in [6, 6.07) is 3.35. The number of amides is 1. The number of fused-ring (bicyclic) bond motifs is 1. The lowest BCUT2D eigenvalue weighted by Crippen LogP contribution is -2.57. The number of likely N-dealkylation sites (tertiary alicyclic amines) is 1. The first-order valence-electron chi connectivity index (χ1n) is 8.52. The Kier molecular flexibility index (Phi) is 4.44. The fraction of sp³-hybridized carbons (Fsp3) is 0.375. The van der Waals surface area contributed by atoms with Crippen LogP contribution in [0.15, 0.2) is 24.8 Å². The summed E-state index contributed by atoms with van der Waals surface area (Å²) in [6.07, 6.45) is 3.46. The first kappa shape index (κ1) is 17.3. The van der Waals surface area contributed by atoms with Crippen molar-refractivity contribution in [1.29, 1.82) is 0 Å². The highest BCUT2D eigenvalue weighted by Gasteiger charge is 2.35. The molecule has 0 saturated carbocycles. The van der Waals surface area contributed by atoms with Gasteiger partial charge in [0.1, 0.15) is 42.4 Å². The molecule has 1 amide bonds. The molecule has 0 bridgehead atoms. The van der Waals surface area contributed by atoms with E-state index >= 15 is 0 Å². The number of carbonyl (C=O) groups is 2. The van der Waals surface area contributed by atoms with E-state index in [0.717, 1.165) is 5.56 Å². The molecule has 0 atom stereocenters. The maximum Gasteiger partial charge on any atom is 0.522 e. The van der Waals surface area contributed by atoms with Crippen molar-refractivity contribution in [2.75, 3.05) is 13.1 Å². The molecule has 3 heterocycles. The van der Waals surface area contributed by atoms with Crippen LogP contribution in [0.5, 0.6) is 11.5 Å². The van der Waals surface area contributed by atoms with E-state index in [1.165, 1.54) is 17.3 Å². The number of nitrogens with zero attached hydrogens (tertiary/aromatic N) is 4. The van der Waals surface area contributed by atoms with E-state index < -0.39 is 13.1 Å². The van der Waals surface area contributed by atoms with E-state index in [9.17, 15) is 19.7 Å². The molecule has 4 rings (SSSR count). The molecule has 0 radical (unpaired) electrons. The minimum absolute atomic E-state index is 0.0949. The molecule has 2 aliphatic rings. The van der Waals surface area contributed by atoms with Crippen LogP contribution in [0.1, 0.15) is 15.9 Å². The number of aromatic nitrogens is 3. The maximum absolute atomic E-state index is 12.1. The Morgan fingerprint density at radius 1 is 1.37 bits per heavy atom. The molecule has 1 fully saturated rings. The highest BCUT2D eigenvalue weighted by molar-refractivity contribution is 6.44. The van der Waals surface area contributed by atoms with Gasteiger partial charge in [0.05, 0.1) is 13.1 Å². The maximum atomic E-state index is 12.1. The lowest BCUT2D eigenvalue weighted by molar-refractivity contribution is -0.140. The van der Waals surface area contributed by atoms with Crippen molar-refractivity contribution in [3.05, 3.63) is 35.9 Å². The number of carboxylic acids is 1. The van der Waals surface area contributed by atoms with Gasteiger partial charge in [0.15, 0.2) is 0 Å². The van der Waals surface area contributed by atoms with Crippen molar-refractivity contribution in [3.63, 3.8) is 0 Å². The number of hydrogen-bond donors (Lipinski definition) is 2. The Hall–Kier alpha value is -3.08. The zero-order valence-corrected chi connectivity index (χ0v) is 14.3. The van der Waals surface area contributed by atoms with Crippen molar-refractivity contribution in [2.45, 2.75) is 25.4 Å². The SMILES string of the molecule is O=C(O)c1c(OC2CN(C(=O)Cn3cncn3)C2)ccc2c1OB(O)CC2. The zero-order valence-electron chi connectivity index (χ0n) is 14.3. The van der Waals surface area contributed by atoms with Gasteiger partial charge in [0, 0.05) is 0 Å². The normalized spacial score (nSPS) is 16.3. The Labute approximate surface area is 154 Å². The highest BCUT2D eigenvalue weighted by Crippen LogP contribution is 2.37. The molecule has 27 heavy (non-hydrogen) atoms. The molecular formula is C16H17BN4O6. The number of hydrogen-bond acceptors (Lipinski definition) is 7. The van der Waals surface area contributed by atoms with E-state index in [-0.39, 0.29) is 35.6 Å². The third kappa shape index (κ3) is 3.45. The summed E-state index contributed by atoms with van der Waals surface area (Å²) in [4.78, 5) is 29.2. The van der Waals surface area contributed by atoms with Crippen LogP contribution in [-0.2, 0) is 17.8 Å². The highest BCUT2D eigenvalue weighted by atomic mass is 16.5. The second kappa shape index (κ2) is 6.91. The van der Waals surface area contributed by atoms with E-state index in [2.05, 4.69) is 10.1 Å². The van der Waals surface area contributed by atoms with Crippen LogP contribution in [0.4, 0.5) is 0 Å². The number of ether oxygens (including phenoxy) is 1. The lowest BCUT2D eigenvalue weighted by Gasteiger charge is -2.39. The van der Waals surface area contributed by atoms with Gasteiger partial charge in [-0.15, -0.1) is 0 Å². The monoisotopic (exact) mass is 372 g/mol. The van der Waals surface area contributed by atoms with E-state index in [1.807, 2.05) is 0 Å². The lowest BCUT2D eigenvalue weighted by atomic mass is 9.78. The van der Waals surface area contributed by atoms with Gasteiger partial charge in [0.25, 0.3) is 0 Å². The molecule has 1 aromatic heterocycles. The van der Waals surface area contributed by atoms with Gasteiger partial charge in [-0.2, -0.15) is 5.10 Å². The van der Waals surface area contributed by atoms with Crippen LogP contribution in [-0.4, -0.2) is 68.0 Å². The van der Waals surface area contributed by atoms with Crippen molar-refractivity contribution in [2.24, 2.45) is 0 Å². The molecule has 0 unspecified atom stereocenters. The van der Waals surface area contributed by atoms with Crippen LogP contribution in [0, 0.1) is 0 Å². The third-order valence-corrected chi connectivity index (χ3v) is 4.59. The number of carbonyl (C=O) groups excluding carboxylic acids is 1. The number of benzene rings is 1. The van der Waals surface area contributed by atoms with E-state index in [4.69, 9.17) is 9.39 Å². The van der Waals surface area contributed by atoms with Crippen LogP contribution < -0.4 is 9.39 Å². The summed E-state index contributed by atoms with van der Waals surface area (Å²) in [5.74, 6) is -0.981. The smallest absolute Gasteiger partial charge is 0.522 e. The average Bonchev–Trinajstić information content (AvgIpc) is 3.09. The van der Waals surface area contributed by atoms with Crippen LogP contribution >= 0.6 is 0 Å². The number of rotatable bonds is 5. The van der Waals surface area contributed by atoms with Gasteiger partial charge in [-0.1, -0.05) is 6.07 Å². The predicted octanol–water partition coefficient (Wildman–Crippen LogP) is -0.319. The van der Waals surface area contributed by atoms with Gasteiger partial charge >= 0.3 is 13.1 Å². The van der Waals surface area contributed by atoms with Crippen molar-refractivity contribution in [3.8, 4) is 11.5 Å². The molecule has 140 valence electrons. The minimum Gasteiger partial charge on any atom is -0.535 e. The first-order valence-corrected chi connectivity index (χ1v) is 8.52. The molecule has 0 aliphatic carbocycles. The molecule has 0 spiro atoms. The topological polar surface area (TPSA) is 127 Å². The Bertz CT molecular complexity index is 868. The fourth-order valence-corrected chi connectivity index (χ4v) is 3.16. The van der Waals surface area contributed by atoms with Gasteiger partial charge in [-0.05, 0) is 24.4 Å². The van der Waals surface area contributed by atoms with Crippen molar-refractivity contribution in [1.82, 2.24) is 19.7 Å². The first-order chi connectivity index (χ1) is 13.0. The van der Waals surface area contributed by atoms with Crippen LogP contribution in [0.3, 0.4) is 0 Å². The Morgan fingerprint density at radius 2 is 2.19 bits per heavy atom. The quantitative estimate of drug-likeness (QED) is 0.684. The van der Waals surface area contributed by atoms with Crippen LogP contribution in [0.25, 0.3) is 0 Å². The van der Waals surface area contributed by atoms with Crippen molar-refractivity contribution >= 4 is 19.0 Å². The fourth-order valence-electron chi connectivity index (χ4n) is 3.16. The molecule has 2 aliphatic heterocycles. The summed E-state index contributed by atoms with van der Waals surface area (Å²) in [7, 11) is -1.03. The Morgan fingerprint density at radius 3 is 2.89 bits per heavy atom. The minimum atomic E-state index is -1.19. The molecule has 2 N–H and O–H groups in total. The van der Waals surface area contributed by atoms with Crippen LogP contribution in [0.2, 0.25) is 6.32 Å². The van der Waals surface area contributed by atoms with Gasteiger partial charge in [-0.3, -0.25) is 4.79 Å². The van der Waals surface area contributed by atoms with Gasteiger partial charge < -0.3 is 24.4 Å².